The second-order valence-electron chi connectivity index (χ2n) is 4.67. The van der Waals surface area contributed by atoms with Crippen LogP contribution in [-0.4, -0.2) is 17.6 Å². The molecule has 2 N–H and O–H groups in total. The number of amides is 2. The molecule has 0 fully saturated rings. The van der Waals surface area contributed by atoms with Gasteiger partial charge in [-0.05, 0) is 42.5 Å². The zero-order valence-corrected chi connectivity index (χ0v) is 13.0. The van der Waals surface area contributed by atoms with Gasteiger partial charge in [-0.3, -0.25) is 9.59 Å². The quantitative estimate of drug-likeness (QED) is 0.820. The highest BCUT2D eigenvalue weighted by Crippen LogP contribution is 2.22. The van der Waals surface area contributed by atoms with E-state index >= 15 is 0 Å². The van der Waals surface area contributed by atoms with Crippen LogP contribution < -0.4 is 10.6 Å². The van der Waals surface area contributed by atoms with Crippen LogP contribution in [0.5, 0.6) is 0 Å². The van der Waals surface area contributed by atoms with Crippen molar-refractivity contribution in [3.63, 3.8) is 0 Å². The number of carbonyl (C=O) groups is 2. The molecule has 7 heteroatoms. The molecule has 0 unspecified atom stereocenters. The second-order valence-corrected chi connectivity index (χ2v) is 5.72. The van der Waals surface area contributed by atoms with Gasteiger partial charge in [-0.2, -0.15) is 0 Å². The van der Waals surface area contributed by atoms with E-state index in [1.54, 1.807) is 12.1 Å². The van der Waals surface area contributed by atoms with Crippen LogP contribution in [0.25, 0.3) is 0 Å². The summed E-state index contributed by atoms with van der Waals surface area (Å²) in [5.74, 6) is -1.59. The van der Waals surface area contributed by atoms with Crippen LogP contribution in [0.1, 0.15) is 6.92 Å². The number of halogens is 2. The first-order chi connectivity index (χ1) is 10.9. The minimum Gasteiger partial charge on any atom is -0.326 e. The van der Waals surface area contributed by atoms with Crippen molar-refractivity contribution in [2.24, 2.45) is 0 Å². The van der Waals surface area contributed by atoms with E-state index in [-0.39, 0.29) is 23.2 Å². The largest absolute Gasteiger partial charge is 0.326 e. The Morgan fingerprint density at radius 1 is 1.04 bits per heavy atom. The van der Waals surface area contributed by atoms with Gasteiger partial charge >= 0.3 is 0 Å². The second kappa shape index (κ2) is 7.73. The summed E-state index contributed by atoms with van der Waals surface area (Å²) in [6, 6.07) is 9.63. The predicted octanol–water partition coefficient (Wildman–Crippen LogP) is 3.65. The molecule has 0 heterocycles. The molecular weight excluding hydrogens is 322 g/mol. The van der Waals surface area contributed by atoms with Gasteiger partial charge in [0.25, 0.3) is 0 Å². The third-order valence-corrected chi connectivity index (χ3v) is 3.76. The number of benzene rings is 2. The summed E-state index contributed by atoms with van der Waals surface area (Å²) in [5, 5.41) is 4.96. The molecule has 0 radical (unpaired) electrons. The monoisotopic (exact) mass is 336 g/mol. The van der Waals surface area contributed by atoms with Crippen molar-refractivity contribution in [2.45, 2.75) is 11.8 Å². The number of rotatable bonds is 5. The van der Waals surface area contributed by atoms with E-state index in [2.05, 4.69) is 10.6 Å². The van der Waals surface area contributed by atoms with Gasteiger partial charge in [0.1, 0.15) is 11.6 Å². The molecule has 0 aromatic heterocycles. The summed E-state index contributed by atoms with van der Waals surface area (Å²) in [7, 11) is 0. The van der Waals surface area contributed by atoms with Crippen molar-refractivity contribution >= 4 is 35.0 Å². The maximum absolute atomic E-state index is 13.7. The number of hydrogen-bond donors (Lipinski definition) is 2. The molecule has 2 rings (SSSR count). The van der Waals surface area contributed by atoms with E-state index in [0.717, 1.165) is 11.0 Å². The van der Waals surface area contributed by atoms with E-state index in [1.807, 2.05) is 0 Å². The minimum absolute atomic E-state index is 0.0130. The van der Waals surface area contributed by atoms with Crippen molar-refractivity contribution in [2.75, 3.05) is 16.4 Å². The fourth-order valence-corrected chi connectivity index (χ4v) is 2.47. The van der Waals surface area contributed by atoms with Crippen LogP contribution in [0.3, 0.4) is 0 Å². The van der Waals surface area contributed by atoms with Crippen LogP contribution in [0, 0.1) is 11.6 Å². The highest BCUT2D eigenvalue weighted by atomic mass is 32.2. The number of hydrogen-bond acceptors (Lipinski definition) is 3. The van der Waals surface area contributed by atoms with Gasteiger partial charge in [-0.15, -0.1) is 11.8 Å². The average Bonchev–Trinajstić information content (AvgIpc) is 2.49. The van der Waals surface area contributed by atoms with Gasteiger partial charge in [-0.1, -0.05) is 0 Å². The fraction of sp³-hybridized carbons (Fsp3) is 0.125. The van der Waals surface area contributed by atoms with Gasteiger partial charge in [0.2, 0.25) is 11.8 Å². The van der Waals surface area contributed by atoms with Crippen molar-refractivity contribution < 1.29 is 18.4 Å². The molecule has 2 aromatic rings. The highest BCUT2D eigenvalue weighted by Gasteiger charge is 2.09. The third-order valence-electron chi connectivity index (χ3n) is 2.74. The van der Waals surface area contributed by atoms with Crippen LogP contribution in [0.4, 0.5) is 20.2 Å². The molecule has 0 saturated heterocycles. The van der Waals surface area contributed by atoms with E-state index < -0.39 is 11.7 Å². The van der Waals surface area contributed by atoms with E-state index in [0.29, 0.717) is 5.69 Å². The molecular formula is C16H14F2N2O2S. The maximum Gasteiger partial charge on any atom is 0.234 e. The molecule has 0 bridgehead atoms. The molecule has 0 aliphatic heterocycles. The van der Waals surface area contributed by atoms with Gasteiger partial charge in [0, 0.05) is 17.5 Å². The van der Waals surface area contributed by atoms with Crippen molar-refractivity contribution in [3.05, 3.63) is 54.1 Å². The lowest BCUT2D eigenvalue weighted by Crippen LogP contribution is -2.15. The topological polar surface area (TPSA) is 58.2 Å². The lowest BCUT2D eigenvalue weighted by atomic mass is 10.2. The summed E-state index contributed by atoms with van der Waals surface area (Å²) in [4.78, 5) is 23.6. The third kappa shape index (κ3) is 5.37. The fourth-order valence-electron chi connectivity index (χ4n) is 1.77. The molecule has 2 amide bonds. The Kier molecular flexibility index (Phi) is 5.70. The van der Waals surface area contributed by atoms with Crippen molar-refractivity contribution in [1.82, 2.24) is 0 Å². The number of carbonyl (C=O) groups excluding carboxylic acids is 2. The van der Waals surface area contributed by atoms with E-state index in [9.17, 15) is 18.4 Å². The Labute approximate surface area is 136 Å². The number of anilines is 2. The molecule has 2 aromatic carbocycles. The Hall–Kier alpha value is -2.41. The number of thioether (sulfide) groups is 1. The highest BCUT2D eigenvalue weighted by molar-refractivity contribution is 8.00. The maximum atomic E-state index is 13.7. The summed E-state index contributed by atoms with van der Waals surface area (Å²) < 4.78 is 26.5. The van der Waals surface area contributed by atoms with Crippen LogP contribution in [-0.2, 0) is 9.59 Å². The first-order valence-corrected chi connectivity index (χ1v) is 7.68. The lowest BCUT2D eigenvalue weighted by molar-refractivity contribution is -0.114. The standard InChI is InChI=1S/C16H14F2N2O2S/c1-10(21)19-12-4-7-14(18)15(8-12)20-16(22)9-23-13-5-2-11(17)3-6-13/h2-8H,9H2,1H3,(H,19,21)(H,20,22). The van der Waals surface area contributed by atoms with Gasteiger partial charge in [0.05, 0.1) is 11.4 Å². The Balaban J connectivity index is 1.96. The Morgan fingerprint density at radius 3 is 2.39 bits per heavy atom. The normalized spacial score (nSPS) is 10.2. The Bertz CT molecular complexity index is 721. The summed E-state index contributed by atoms with van der Waals surface area (Å²) >= 11 is 1.21. The first-order valence-electron chi connectivity index (χ1n) is 6.69. The zero-order chi connectivity index (χ0) is 16.8. The molecule has 23 heavy (non-hydrogen) atoms. The molecule has 0 saturated carbocycles. The van der Waals surface area contributed by atoms with Crippen molar-refractivity contribution in [3.8, 4) is 0 Å². The van der Waals surface area contributed by atoms with Crippen LogP contribution in [0.15, 0.2) is 47.4 Å². The molecule has 0 atom stereocenters. The smallest absolute Gasteiger partial charge is 0.234 e. The summed E-state index contributed by atoms with van der Waals surface area (Å²) in [6.07, 6.45) is 0. The minimum atomic E-state index is -0.598. The zero-order valence-electron chi connectivity index (χ0n) is 12.2. The molecule has 0 aliphatic carbocycles. The molecule has 4 nitrogen and oxygen atoms in total. The van der Waals surface area contributed by atoms with E-state index in [4.69, 9.17) is 0 Å². The molecule has 0 aliphatic rings. The Morgan fingerprint density at radius 2 is 1.74 bits per heavy atom. The average molecular weight is 336 g/mol. The van der Waals surface area contributed by atoms with Gasteiger partial charge in [-0.25, -0.2) is 8.78 Å². The van der Waals surface area contributed by atoms with Crippen molar-refractivity contribution in [1.29, 1.82) is 0 Å². The number of nitrogens with one attached hydrogen (secondary N) is 2. The SMILES string of the molecule is CC(=O)Nc1ccc(F)c(NC(=O)CSc2ccc(F)cc2)c1. The van der Waals surface area contributed by atoms with Crippen LogP contribution in [0.2, 0.25) is 0 Å². The lowest BCUT2D eigenvalue weighted by Gasteiger charge is -2.09. The summed E-state index contributed by atoms with van der Waals surface area (Å²) in [5.41, 5.74) is 0.376. The molecule has 0 spiro atoms. The van der Waals surface area contributed by atoms with Gasteiger partial charge < -0.3 is 10.6 Å². The van der Waals surface area contributed by atoms with Crippen LogP contribution >= 0.6 is 11.8 Å². The first kappa shape index (κ1) is 17.0. The molecule has 120 valence electrons. The van der Waals surface area contributed by atoms with E-state index in [1.165, 1.54) is 43.0 Å². The predicted molar refractivity (Wildman–Crippen MR) is 86.5 cm³/mol. The summed E-state index contributed by atoms with van der Waals surface area (Å²) in [6.45, 7) is 1.33. The van der Waals surface area contributed by atoms with Gasteiger partial charge in [0.15, 0.2) is 0 Å².